The van der Waals surface area contributed by atoms with Crippen LogP contribution in [0.4, 0.5) is 0 Å². The molecule has 0 atom stereocenters. The van der Waals surface area contributed by atoms with Gasteiger partial charge < -0.3 is 19.6 Å². The Kier molecular flexibility index (Phi) is 33.8. The van der Waals surface area contributed by atoms with Crippen molar-refractivity contribution in [1.29, 1.82) is 5.26 Å². The van der Waals surface area contributed by atoms with Gasteiger partial charge in [0.25, 0.3) is 0 Å². The van der Waals surface area contributed by atoms with Crippen LogP contribution in [0.5, 0.6) is 0 Å². The summed E-state index contributed by atoms with van der Waals surface area (Å²) in [7, 11) is -3.08. The maximum atomic E-state index is 11.3. The number of nitrogens with two attached hydrogens (primary N) is 1. The molecule has 0 bridgehead atoms. The van der Waals surface area contributed by atoms with Crippen LogP contribution in [0.15, 0.2) is 11.8 Å². The summed E-state index contributed by atoms with van der Waals surface area (Å²) in [4.78, 5) is 6.16. The quantitative estimate of drug-likeness (QED) is 0.407. The molecule has 0 spiro atoms. The summed E-state index contributed by atoms with van der Waals surface area (Å²) in [6.07, 6.45) is 1.33. The SMILES string of the molecule is CCOP(=O)(CC#N)OCC.[C-]#[N+]C=C(C)C.[C-]#[N+]CC(C)(C)N.[Y].[Y]. The van der Waals surface area contributed by atoms with Gasteiger partial charge in [-0.05, 0) is 27.7 Å². The van der Waals surface area contributed by atoms with Gasteiger partial charge in [0, 0.05) is 65.4 Å². The Morgan fingerprint density at radius 1 is 1.23 bits per heavy atom. The largest absolute Gasteiger partial charge is 0.344 e. The molecule has 2 radical (unpaired) electrons. The predicted molar refractivity (Wildman–Crippen MR) is 97.1 cm³/mol. The van der Waals surface area contributed by atoms with E-state index in [2.05, 4.69) is 9.69 Å². The van der Waals surface area contributed by atoms with Crippen molar-refractivity contribution in [2.24, 2.45) is 5.73 Å². The van der Waals surface area contributed by atoms with Gasteiger partial charge in [-0.2, -0.15) is 5.26 Å². The predicted octanol–water partition coefficient (Wildman–Crippen LogP) is 4.24. The molecule has 0 aliphatic carbocycles. The average Bonchev–Trinajstić information content (AvgIpc) is 2.39. The van der Waals surface area contributed by atoms with Crippen LogP contribution in [0.3, 0.4) is 0 Å². The van der Waals surface area contributed by atoms with Crippen LogP contribution in [-0.4, -0.2) is 31.5 Å². The topological polar surface area (TPSA) is 94.1 Å². The number of nitriles is 1. The molecule has 0 aromatic heterocycles. The summed E-state index contributed by atoms with van der Waals surface area (Å²) in [5.41, 5.74) is 6.19. The van der Waals surface area contributed by atoms with Gasteiger partial charge in [-0.1, -0.05) is 19.4 Å². The van der Waals surface area contributed by atoms with Gasteiger partial charge in [0.1, 0.15) is 6.16 Å². The Morgan fingerprint density at radius 2 is 1.65 bits per heavy atom. The zero-order valence-corrected chi connectivity index (χ0v) is 23.2. The second-order valence-corrected chi connectivity index (χ2v) is 7.46. The molecular weight excluding hydrogens is 505 g/mol. The average molecular weight is 534 g/mol. The smallest absolute Gasteiger partial charge is 0.319 e. The van der Waals surface area contributed by atoms with Crippen LogP contribution >= 0.6 is 7.60 Å². The second-order valence-electron chi connectivity index (χ2n) is 5.40. The van der Waals surface area contributed by atoms with Crippen LogP contribution in [-0.2, 0) is 79.0 Å². The molecule has 10 heteroatoms. The molecular formula is C16H29N4O3PY2. The first kappa shape index (κ1) is 37.3. The van der Waals surface area contributed by atoms with E-state index in [0.717, 1.165) is 5.57 Å². The van der Waals surface area contributed by atoms with E-state index in [1.54, 1.807) is 19.9 Å². The van der Waals surface area contributed by atoms with Crippen LogP contribution in [0.25, 0.3) is 9.69 Å². The van der Waals surface area contributed by atoms with Crippen molar-refractivity contribution in [2.75, 3.05) is 25.9 Å². The third-order valence-electron chi connectivity index (χ3n) is 1.73. The van der Waals surface area contributed by atoms with Crippen molar-refractivity contribution in [3.63, 3.8) is 0 Å². The van der Waals surface area contributed by atoms with E-state index in [1.165, 1.54) is 6.20 Å². The fourth-order valence-corrected chi connectivity index (χ4v) is 2.16. The molecule has 0 aromatic carbocycles. The summed E-state index contributed by atoms with van der Waals surface area (Å²) in [5, 5.41) is 8.27. The molecule has 26 heavy (non-hydrogen) atoms. The standard InChI is InChI=1S/C6H12NO3P.C5H10N2.C5H7N.2Y/c1-3-9-11(8,6-5-7)10-4-2;1-5(2,6)4-7-3;1-5(2)4-6-3;;/h3-4,6H2,1-2H3;4,6H2,1-2H3;4H,1-2H3;;. The molecule has 0 fully saturated rings. The molecule has 0 aliphatic rings. The first-order valence-corrected chi connectivity index (χ1v) is 9.11. The molecule has 0 heterocycles. The van der Waals surface area contributed by atoms with Gasteiger partial charge >= 0.3 is 7.60 Å². The minimum Gasteiger partial charge on any atom is -0.319 e. The molecule has 0 unspecified atom stereocenters. The molecule has 2 N–H and O–H groups in total. The summed E-state index contributed by atoms with van der Waals surface area (Å²) < 4.78 is 21.0. The Balaban J connectivity index is -0.0000000863. The van der Waals surface area contributed by atoms with Crippen LogP contribution < -0.4 is 5.73 Å². The summed E-state index contributed by atoms with van der Waals surface area (Å²) in [6, 6.07) is 1.76. The number of rotatable bonds is 6. The van der Waals surface area contributed by atoms with Crippen molar-refractivity contribution < 1.29 is 79.0 Å². The third-order valence-corrected chi connectivity index (χ3v) is 3.56. The van der Waals surface area contributed by atoms with E-state index in [1.807, 2.05) is 27.7 Å². The van der Waals surface area contributed by atoms with E-state index in [9.17, 15) is 4.57 Å². The summed E-state index contributed by atoms with van der Waals surface area (Å²) >= 11 is 0. The maximum absolute atomic E-state index is 11.3. The molecule has 0 amide bonds. The number of nitrogens with zero attached hydrogens (tertiary/aromatic N) is 3. The zero-order valence-electron chi connectivity index (χ0n) is 16.7. The molecule has 0 rings (SSSR count). The van der Waals surface area contributed by atoms with Gasteiger partial charge in [0.2, 0.25) is 6.54 Å². The molecule has 7 nitrogen and oxygen atoms in total. The second kappa shape index (κ2) is 23.6. The molecule has 0 saturated heterocycles. The molecule has 0 saturated carbocycles. The Morgan fingerprint density at radius 3 is 1.77 bits per heavy atom. The van der Waals surface area contributed by atoms with E-state index < -0.39 is 7.60 Å². The fraction of sp³-hybridized carbons (Fsp3) is 0.688. The Hall–Kier alpha value is 0.528. The van der Waals surface area contributed by atoms with E-state index in [4.69, 9.17) is 33.2 Å². The van der Waals surface area contributed by atoms with E-state index in [0.29, 0.717) is 19.8 Å². The molecule has 0 aliphatic heterocycles. The van der Waals surface area contributed by atoms with Crippen molar-refractivity contribution in [1.82, 2.24) is 0 Å². The van der Waals surface area contributed by atoms with Crippen molar-refractivity contribution in [3.8, 4) is 6.07 Å². The molecule has 0 aromatic rings. The van der Waals surface area contributed by atoms with E-state index in [-0.39, 0.29) is 77.1 Å². The fourth-order valence-electron chi connectivity index (χ4n) is 0.941. The van der Waals surface area contributed by atoms with Crippen molar-refractivity contribution in [2.45, 2.75) is 47.1 Å². The van der Waals surface area contributed by atoms with Crippen molar-refractivity contribution in [3.05, 3.63) is 34.6 Å². The van der Waals surface area contributed by atoms with Crippen molar-refractivity contribution >= 4 is 7.60 Å². The zero-order chi connectivity index (χ0) is 19.6. The minimum absolute atomic E-state index is 0. The number of hydrogen-bond donors (Lipinski definition) is 1. The van der Waals surface area contributed by atoms with Crippen LogP contribution in [0, 0.1) is 24.5 Å². The summed E-state index contributed by atoms with van der Waals surface area (Å²) in [5.74, 6) is 0. The number of allylic oxidation sites excluding steroid dienone is 1. The van der Waals surface area contributed by atoms with Gasteiger partial charge in [-0.15, -0.1) is 0 Å². The van der Waals surface area contributed by atoms with Gasteiger partial charge in [0.15, 0.2) is 6.20 Å². The Labute approximate surface area is 209 Å². The molecule has 142 valence electrons. The van der Waals surface area contributed by atoms with Crippen LogP contribution in [0.2, 0.25) is 0 Å². The van der Waals surface area contributed by atoms with Crippen LogP contribution in [0.1, 0.15) is 41.5 Å². The van der Waals surface area contributed by atoms with Gasteiger partial charge in [-0.25, -0.2) is 11.4 Å². The third kappa shape index (κ3) is 35.6. The normalized spacial score (nSPS) is 8.92. The van der Waals surface area contributed by atoms with Gasteiger partial charge in [-0.3, -0.25) is 4.57 Å². The first-order valence-electron chi connectivity index (χ1n) is 7.39. The number of hydrogen-bond acceptors (Lipinski definition) is 5. The monoisotopic (exact) mass is 534 g/mol. The summed E-state index contributed by atoms with van der Waals surface area (Å²) in [6.45, 7) is 24.6. The van der Waals surface area contributed by atoms with Gasteiger partial charge in [0.05, 0.1) is 31.4 Å². The Bertz CT molecular complexity index is 516. The van der Waals surface area contributed by atoms with E-state index >= 15 is 0 Å². The minimum atomic E-state index is -3.08. The maximum Gasteiger partial charge on any atom is 0.344 e. The first-order chi connectivity index (χ1) is 11.0.